The molecule has 4 rings (SSSR count). The van der Waals surface area contributed by atoms with E-state index in [9.17, 15) is 4.79 Å². The highest BCUT2D eigenvalue weighted by molar-refractivity contribution is 5.75. The van der Waals surface area contributed by atoms with Crippen molar-refractivity contribution in [2.75, 3.05) is 39.6 Å². The minimum Gasteiger partial charge on any atom is -0.377 e. The van der Waals surface area contributed by atoms with Crippen molar-refractivity contribution in [3.8, 4) is 0 Å². The number of rotatable bonds is 16. The molecule has 4 aliphatic carbocycles. The van der Waals surface area contributed by atoms with E-state index in [2.05, 4.69) is 52.1 Å². The van der Waals surface area contributed by atoms with Gasteiger partial charge in [-0.15, -0.1) is 0 Å². The Morgan fingerprint density at radius 3 is 2.34 bits per heavy atom. The molecule has 0 aromatic heterocycles. The number of carbonyl (C=O) groups is 1. The van der Waals surface area contributed by atoms with E-state index in [1.54, 1.807) is 0 Å². The third kappa shape index (κ3) is 7.98. The van der Waals surface area contributed by atoms with Gasteiger partial charge >= 0.3 is 0 Å². The summed E-state index contributed by atoms with van der Waals surface area (Å²) in [6.07, 6.45) is 19.9. The lowest BCUT2D eigenvalue weighted by Gasteiger charge is -2.59. The molecule has 4 aliphatic rings. The van der Waals surface area contributed by atoms with Crippen molar-refractivity contribution in [2.24, 2.45) is 52.3 Å². The van der Waals surface area contributed by atoms with Crippen molar-refractivity contribution >= 4 is 5.91 Å². The zero-order valence-electron chi connectivity index (χ0n) is 27.4. The van der Waals surface area contributed by atoms with Gasteiger partial charge in [0.2, 0.25) is 5.91 Å². The highest BCUT2D eigenvalue weighted by atomic mass is 16.5. The SMILES string of the molecule is CCC(=O)NCCOCCOCCO[C@H]1CC[C@@]2(C)C(C=C[C@H]3[C@@H]4CC[C@H]([C@H](C)CCCC(C)C)[C@@]4(C)CC[C@@H]32)C1. The zero-order chi connectivity index (χ0) is 29.5. The predicted octanol–water partition coefficient (Wildman–Crippen LogP) is 7.83. The van der Waals surface area contributed by atoms with Crippen LogP contribution in [0.25, 0.3) is 0 Å². The molecule has 0 heterocycles. The second kappa shape index (κ2) is 15.2. The van der Waals surface area contributed by atoms with Crippen molar-refractivity contribution < 1.29 is 19.0 Å². The monoisotopic (exact) mass is 573 g/mol. The molecule has 0 aromatic carbocycles. The van der Waals surface area contributed by atoms with E-state index in [0.29, 0.717) is 68.9 Å². The van der Waals surface area contributed by atoms with Gasteiger partial charge in [-0.3, -0.25) is 4.79 Å². The first-order chi connectivity index (χ1) is 19.7. The molecule has 1 N–H and O–H groups in total. The first-order valence-corrected chi connectivity index (χ1v) is 17.4. The topological polar surface area (TPSA) is 56.8 Å². The predicted molar refractivity (Wildman–Crippen MR) is 168 cm³/mol. The van der Waals surface area contributed by atoms with Crippen LogP contribution in [0.1, 0.15) is 112 Å². The Morgan fingerprint density at radius 2 is 1.59 bits per heavy atom. The maximum Gasteiger partial charge on any atom is 0.219 e. The zero-order valence-corrected chi connectivity index (χ0v) is 27.4. The number of hydrogen-bond donors (Lipinski definition) is 1. The number of amides is 1. The van der Waals surface area contributed by atoms with Gasteiger partial charge in [0.05, 0.1) is 39.1 Å². The molecule has 5 nitrogen and oxygen atoms in total. The lowest BCUT2D eigenvalue weighted by Crippen LogP contribution is -2.52. The largest absolute Gasteiger partial charge is 0.377 e. The molecule has 41 heavy (non-hydrogen) atoms. The number of carbonyl (C=O) groups excluding carboxylic acids is 1. The third-order valence-corrected chi connectivity index (χ3v) is 12.2. The molecule has 3 fully saturated rings. The fraction of sp³-hybridized carbons (Fsp3) is 0.917. The van der Waals surface area contributed by atoms with Crippen molar-refractivity contribution in [3.63, 3.8) is 0 Å². The lowest BCUT2D eigenvalue weighted by molar-refractivity contribution is -0.121. The van der Waals surface area contributed by atoms with E-state index >= 15 is 0 Å². The van der Waals surface area contributed by atoms with Gasteiger partial charge in [-0.25, -0.2) is 0 Å². The van der Waals surface area contributed by atoms with E-state index in [0.717, 1.165) is 35.5 Å². The van der Waals surface area contributed by atoms with E-state index < -0.39 is 0 Å². The van der Waals surface area contributed by atoms with Crippen LogP contribution in [0.2, 0.25) is 0 Å². The van der Waals surface area contributed by atoms with Gasteiger partial charge in [-0.2, -0.15) is 0 Å². The van der Waals surface area contributed by atoms with Crippen LogP contribution in [0.4, 0.5) is 0 Å². The molecular weight excluding hydrogens is 510 g/mol. The lowest BCUT2D eigenvalue weighted by atomic mass is 9.46. The highest BCUT2D eigenvalue weighted by Crippen LogP contribution is 2.67. The fourth-order valence-electron chi connectivity index (χ4n) is 9.74. The summed E-state index contributed by atoms with van der Waals surface area (Å²) in [6.45, 7) is 18.0. The molecule has 1 unspecified atom stereocenters. The Bertz CT molecular complexity index is 843. The van der Waals surface area contributed by atoms with Gasteiger partial charge in [0, 0.05) is 13.0 Å². The average Bonchev–Trinajstić information content (AvgIpc) is 3.31. The van der Waals surface area contributed by atoms with E-state index in [4.69, 9.17) is 14.2 Å². The van der Waals surface area contributed by atoms with Crippen LogP contribution in [0, 0.1) is 52.3 Å². The summed E-state index contributed by atoms with van der Waals surface area (Å²) >= 11 is 0. The summed E-state index contributed by atoms with van der Waals surface area (Å²) < 4.78 is 17.6. The van der Waals surface area contributed by atoms with Gasteiger partial charge in [0.1, 0.15) is 0 Å². The second-order valence-electron chi connectivity index (χ2n) is 15.0. The minimum atomic E-state index is 0.0650. The van der Waals surface area contributed by atoms with Crippen molar-refractivity contribution in [2.45, 2.75) is 118 Å². The van der Waals surface area contributed by atoms with Crippen LogP contribution in [-0.4, -0.2) is 51.6 Å². The number of nitrogens with one attached hydrogen (secondary N) is 1. The molecule has 0 saturated heterocycles. The standard InChI is InChI=1S/C36H63NO4/c1-7-34(38)37-19-20-39-21-22-40-23-24-41-29-15-17-35(5)28(25-29)11-12-30-32-14-13-31(27(4)10-8-9-26(2)3)36(32,6)18-16-33(30)35/h11-12,26-33H,7-10,13-25H2,1-6H3,(H,37,38)/t27-,28?,29+,30+,31-,32+,33+,35+,36-/m1/s1. The highest BCUT2D eigenvalue weighted by Gasteiger charge is 2.59. The van der Waals surface area contributed by atoms with Gasteiger partial charge in [0.25, 0.3) is 0 Å². The Labute approximate surface area is 252 Å². The summed E-state index contributed by atoms with van der Waals surface area (Å²) in [4.78, 5) is 11.2. The van der Waals surface area contributed by atoms with Gasteiger partial charge in [-0.05, 0) is 97.2 Å². The molecule has 0 aromatic rings. The normalized spacial score (nSPS) is 37.0. The molecule has 1 amide bonds. The first kappa shape index (κ1) is 33.0. The van der Waals surface area contributed by atoms with Crippen molar-refractivity contribution in [1.82, 2.24) is 5.32 Å². The van der Waals surface area contributed by atoms with E-state index in [-0.39, 0.29) is 5.91 Å². The maximum absolute atomic E-state index is 11.2. The van der Waals surface area contributed by atoms with Crippen molar-refractivity contribution in [3.05, 3.63) is 12.2 Å². The van der Waals surface area contributed by atoms with Crippen LogP contribution < -0.4 is 5.32 Å². The fourth-order valence-corrected chi connectivity index (χ4v) is 9.74. The first-order valence-electron chi connectivity index (χ1n) is 17.4. The number of allylic oxidation sites excluding steroid dienone is 2. The Hall–Kier alpha value is -0.910. The molecule has 0 spiro atoms. The van der Waals surface area contributed by atoms with Crippen LogP contribution in [0.15, 0.2) is 12.2 Å². The molecule has 0 radical (unpaired) electrons. The molecule has 236 valence electrons. The summed E-state index contributed by atoms with van der Waals surface area (Å²) in [7, 11) is 0. The molecule has 9 atom stereocenters. The summed E-state index contributed by atoms with van der Waals surface area (Å²) in [5, 5.41) is 2.81. The second-order valence-corrected chi connectivity index (χ2v) is 15.0. The summed E-state index contributed by atoms with van der Waals surface area (Å²) in [6, 6.07) is 0. The Morgan fingerprint density at radius 1 is 0.878 bits per heavy atom. The Kier molecular flexibility index (Phi) is 12.2. The molecule has 0 aliphatic heterocycles. The van der Waals surface area contributed by atoms with Crippen LogP contribution in [-0.2, 0) is 19.0 Å². The molecule has 3 saturated carbocycles. The average molecular weight is 574 g/mol. The van der Waals surface area contributed by atoms with Crippen LogP contribution in [0.5, 0.6) is 0 Å². The van der Waals surface area contributed by atoms with E-state index in [1.165, 1.54) is 64.2 Å². The summed E-state index contributed by atoms with van der Waals surface area (Å²) in [5.41, 5.74) is 0.980. The molecule has 0 bridgehead atoms. The van der Waals surface area contributed by atoms with Crippen molar-refractivity contribution in [1.29, 1.82) is 0 Å². The van der Waals surface area contributed by atoms with E-state index in [1.807, 2.05) is 6.92 Å². The molecular formula is C36H63NO4. The van der Waals surface area contributed by atoms with Gasteiger partial charge in [-0.1, -0.05) is 73.0 Å². The number of ether oxygens (including phenoxy) is 3. The summed E-state index contributed by atoms with van der Waals surface area (Å²) in [5.74, 6) is 5.88. The minimum absolute atomic E-state index is 0.0650. The van der Waals surface area contributed by atoms with Crippen LogP contribution >= 0.6 is 0 Å². The van der Waals surface area contributed by atoms with Gasteiger partial charge < -0.3 is 19.5 Å². The third-order valence-electron chi connectivity index (χ3n) is 12.2. The smallest absolute Gasteiger partial charge is 0.219 e. The number of fused-ring (bicyclic) bond motifs is 5. The number of hydrogen-bond acceptors (Lipinski definition) is 4. The van der Waals surface area contributed by atoms with Crippen LogP contribution in [0.3, 0.4) is 0 Å². The molecule has 5 heteroatoms. The Balaban J connectivity index is 1.19. The van der Waals surface area contributed by atoms with Gasteiger partial charge in [0.15, 0.2) is 0 Å². The maximum atomic E-state index is 11.2. The quantitative estimate of drug-likeness (QED) is 0.151.